The first-order valence-electron chi connectivity index (χ1n) is 3.94. The zero-order valence-corrected chi connectivity index (χ0v) is 10.2. The molecule has 1 amide bonds. The molecule has 0 aliphatic heterocycles. The third-order valence-electron chi connectivity index (χ3n) is 1.55. The minimum atomic E-state index is -0.155. The highest BCUT2D eigenvalue weighted by atomic mass is 127. The van der Waals surface area contributed by atoms with E-state index in [1.54, 1.807) is 28.9 Å². The van der Waals surface area contributed by atoms with Gasteiger partial charge in [0.25, 0.3) is 5.91 Å². The van der Waals surface area contributed by atoms with E-state index in [-0.39, 0.29) is 12.5 Å². The van der Waals surface area contributed by atoms with Crippen LogP contribution in [0, 0.1) is 0 Å². The summed E-state index contributed by atoms with van der Waals surface area (Å²) in [7, 11) is 0. The van der Waals surface area contributed by atoms with Gasteiger partial charge in [-0.15, -0.1) is 0 Å². The fourth-order valence-electron chi connectivity index (χ4n) is 0.896. The summed E-state index contributed by atoms with van der Waals surface area (Å²) in [5.41, 5.74) is 0.885. The summed E-state index contributed by atoms with van der Waals surface area (Å²) in [6, 6.07) is 7.38. The predicted octanol–water partition coefficient (Wildman–Crippen LogP) is 2.32. The van der Waals surface area contributed by atoms with Crippen LogP contribution in [0.3, 0.4) is 0 Å². The van der Waals surface area contributed by atoms with E-state index < -0.39 is 0 Å². The van der Waals surface area contributed by atoms with Crippen molar-refractivity contribution in [2.75, 3.05) is 6.61 Å². The Morgan fingerprint density at radius 2 is 2.21 bits per heavy atom. The summed E-state index contributed by atoms with van der Waals surface area (Å²) >= 11 is 7.66. The third kappa shape index (κ3) is 3.81. The zero-order valence-electron chi connectivity index (χ0n) is 7.30. The molecule has 5 heteroatoms. The summed E-state index contributed by atoms with van der Waals surface area (Å²) in [5.74, 6) is -0.155. The predicted molar refractivity (Wildman–Crippen MR) is 63.3 cm³/mol. The highest BCUT2D eigenvalue weighted by Gasteiger charge is 2.01. The van der Waals surface area contributed by atoms with Gasteiger partial charge in [0.1, 0.15) is 6.61 Å². The number of hydrogen-bond acceptors (Lipinski definition) is 2. The standard InChI is InChI=1S/C9H9ClINO2/c10-8-4-2-1-3-7(8)5-14-6-9(13)12-11/h1-4H,5-6H2,(H,12,13). The topological polar surface area (TPSA) is 38.3 Å². The third-order valence-corrected chi connectivity index (χ3v) is 2.52. The summed E-state index contributed by atoms with van der Waals surface area (Å²) in [6.45, 7) is 0.401. The van der Waals surface area contributed by atoms with Crippen molar-refractivity contribution in [3.63, 3.8) is 0 Å². The summed E-state index contributed by atoms with van der Waals surface area (Å²) in [4.78, 5) is 10.8. The largest absolute Gasteiger partial charge is 0.367 e. The first-order chi connectivity index (χ1) is 6.74. The lowest BCUT2D eigenvalue weighted by molar-refractivity contribution is -0.123. The van der Waals surface area contributed by atoms with Gasteiger partial charge in [-0.2, -0.15) is 0 Å². The summed E-state index contributed by atoms with van der Waals surface area (Å²) in [6.07, 6.45) is 0. The molecule has 0 bridgehead atoms. The molecule has 0 heterocycles. The number of benzene rings is 1. The van der Waals surface area contributed by atoms with Crippen LogP contribution in [0.25, 0.3) is 0 Å². The molecule has 0 saturated heterocycles. The molecule has 1 rings (SSSR count). The van der Waals surface area contributed by atoms with Crippen LogP contribution < -0.4 is 3.53 Å². The van der Waals surface area contributed by atoms with Crippen molar-refractivity contribution in [3.05, 3.63) is 34.9 Å². The zero-order chi connectivity index (χ0) is 10.4. The van der Waals surface area contributed by atoms with Crippen LogP contribution in [-0.2, 0) is 16.1 Å². The molecule has 0 aliphatic carbocycles. The molecule has 3 nitrogen and oxygen atoms in total. The van der Waals surface area contributed by atoms with Crippen molar-refractivity contribution in [1.29, 1.82) is 0 Å². The molecule has 0 atom stereocenters. The number of carbonyl (C=O) groups excluding carboxylic acids is 1. The smallest absolute Gasteiger partial charge is 0.254 e. The molecule has 0 aromatic heterocycles. The van der Waals surface area contributed by atoms with Crippen molar-refractivity contribution in [2.45, 2.75) is 6.61 Å². The van der Waals surface area contributed by atoms with E-state index in [0.717, 1.165) is 5.56 Å². The fourth-order valence-corrected chi connectivity index (χ4v) is 1.24. The Morgan fingerprint density at radius 3 is 2.86 bits per heavy atom. The highest BCUT2D eigenvalue weighted by molar-refractivity contribution is 14.1. The molecular weight excluding hydrogens is 316 g/mol. The maximum atomic E-state index is 10.8. The normalized spacial score (nSPS) is 9.86. The van der Waals surface area contributed by atoms with Gasteiger partial charge in [0, 0.05) is 5.02 Å². The lowest BCUT2D eigenvalue weighted by Crippen LogP contribution is -2.18. The first-order valence-corrected chi connectivity index (χ1v) is 5.40. The SMILES string of the molecule is O=C(COCc1ccccc1Cl)NI. The number of nitrogens with one attached hydrogen (secondary N) is 1. The van der Waals surface area contributed by atoms with Crippen LogP contribution in [0.1, 0.15) is 5.56 Å². The first kappa shape index (κ1) is 11.7. The van der Waals surface area contributed by atoms with E-state index in [4.69, 9.17) is 16.3 Å². The van der Waals surface area contributed by atoms with Crippen LogP contribution in [0.5, 0.6) is 0 Å². The Bertz CT molecular complexity index is 319. The van der Waals surface area contributed by atoms with Crippen molar-refractivity contribution in [1.82, 2.24) is 3.53 Å². The van der Waals surface area contributed by atoms with E-state index in [1.807, 2.05) is 18.2 Å². The molecule has 0 saturated carbocycles. The van der Waals surface area contributed by atoms with Gasteiger partial charge in [0.05, 0.1) is 29.5 Å². The monoisotopic (exact) mass is 325 g/mol. The van der Waals surface area contributed by atoms with Crippen molar-refractivity contribution >= 4 is 40.4 Å². The molecule has 0 fully saturated rings. The fraction of sp³-hybridized carbons (Fsp3) is 0.222. The number of hydrogen-bond donors (Lipinski definition) is 1. The Hall–Kier alpha value is -0.330. The van der Waals surface area contributed by atoms with E-state index in [9.17, 15) is 4.79 Å². The van der Waals surface area contributed by atoms with Crippen LogP contribution in [0.2, 0.25) is 5.02 Å². The van der Waals surface area contributed by atoms with Crippen LogP contribution in [0.15, 0.2) is 24.3 Å². The Balaban J connectivity index is 2.39. The average molecular weight is 326 g/mol. The van der Waals surface area contributed by atoms with E-state index in [1.165, 1.54) is 0 Å². The van der Waals surface area contributed by atoms with Crippen LogP contribution >= 0.6 is 34.5 Å². The van der Waals surface area contributed by atoms with Gasteiger partial charge in [-0.3, -0.25) is 8.32 Å². The molecule has 0 radical (unpaired) electrons. The number of ether oxygens (including phenoxy) is 1. The Labute approximate surface area is 101 Å². The van der Waals surface area contributed by atoms with Gasteiger partial charge in [-0.1, -0.05) is 29.8 Å². The molecule has 1 aromatic rings. The maximum Gasteiger partial charge on any atom is 0.254 e. The molecule has 1 N–H and O–H groups in total. The van der Waals surface area contributed by atoms with Crippen molar-refractivity contribution in [2.24, 2.45) is 0 Å². The molecular formula is C9H9ClINO2. The summed E-state index contributed by atoms with van der Waals surface area (Å²) < 4.78 is 7.59. The molecule has 0 unspecified atom stereocenters. The van der Waals surface area contributed by atoms with Crippen LogP contribution in [0.4, 0.5) is 0 Å². The second-order valence-corrected chi connectivity index (χ2v) is 3.55. The second kappa shape index (κ2) is 6.21. The van der Waals surface area contributed by atoms with E-state index in [2.05, 4.69) is 3.53 Å². The minimum Gasteiger partial charge on any atom is -0.367 e. The van der Waals surface area contributed by atoms with Gasteiger partial charge in [-0.05, 0) is 11.6 Å². The Morgan fingerprint density at radius 1 is 1.50 bits per heavy atom. The molecule has 14 heavy (non-hydrogen) atoms. The molecule has 76 valence electrons. The van der Waals surface area contributed by atoms with Gasteiger partial charge in [0.2, 0.25) is 0 Å². The van der Waals surface area contributed by atoms with Crippen molar-refractivity contribution < 1.29 is 9.53 Å². The quantitative estimate of drug-likeness (QED) is 0.681. The number of amides is 1. The lowest BCUT2D eigenvalue weighted by Gasteiger charge is -2.04. The summed E-state index contributed by atoms with van der Waals surface area (Å²) in [5, 5.41) is 0.655. The minimum absolute atomic E-state index is 0.0498. The Kier molecular flexibility index (Phi) is 5.21. The molecule has 1 aromatic carbocycles. The highest BCUT2D eigenvalue weighted by Crippen LogP contribution is 2.15. The van der Waals surface area contributed by atoms with E-state index in [0.29, 0.717) is 11.6 Å². The number of carbonyl (C=O) groups is 1. The lowest BCUT2D eigenvalue weighted by atomic mass is 10.2. The maximum absolute atomic E-state index is 10.8. The molecule has 0 spiro atoms. The number of halogens is 2. The van der Waals surface area contributed by atoms with E-state index >= 15 is 0 Å². The van der Waals surface area contributed by atoms with Gasteiger partial charge >= 0.3 is 0 Å². The average Bonchev–Trinajstić information content (AvgIpc) is 2.20. The van der Waals surface area contributed by atoms with Crippen molar-refractivity contribution in [3.8, 4) is 0 Å². The van der Waals surface area contributed by atoms with Gasteiger partial charge in [-0.25, -0.2) is 0 Å². The van der Waals surface area contributed by atoms with Gasteiger partial charge < -0.3 is 4.74 Å². The molecule has 0 aliphatic rings. The van der Waals surface area contributed by atoms with Crippen LogP contribution in [-0.4, -0.2) is 12.5 Å². The second-order valence-electron chi connectivity index (χ2n) is 2.60. The van der Waals surface area contributed by atoms with Gasteiger partial charge in [0.15, 0.2) is 0 Å². The number of rotatable bonds is 4.